The molecular formula is C5H6N4O2S2. The van der Waals surface area contributed by atoms with Crippen molar-refractivity contribution in [3.05, 3.63) is 11.9 Å². The van der Waals surface area contributed by atoms with Crippen molar-refractivity contribution in [2.45, 2.75) is 11.3 Å². The summed E-state index contributed by atoms with van der Waals surface area (Å²) in [6.07, 6.45) is 1.64. The molecule has 0 amide bonds. The standard InChI is InChI=1S/C5H6N4O2S2/c1-3-2-9-4(7-3)12-5(8-9)13(6,10)11/h2H,1H3,(H2,6,10,11). The van der Waals surface area contributed by atoms with Gasteiger partial charge in [0.2, 0.25) is 9.30 Å². The number of sulfonamides is 1. The second-order valence-electron chi connectivity index (χ2n) is 2.52. The second kappa shape index (κ2) is 2.50. The highest BCUT2D eigenvalue weighted by Crippen LogP contribution is 2.17. The van der Waals surface area contributed by atoms with Gasteiger partial charge in [0, 0.05) is 0 Å². The number of imidazole rings is 1. The fourth-order valence-electron chi connectivity index (χ4n) is 0.906. The maximum Gasteiger partial charge on any atom is 0.267 e. The van der Waals surface area contributed by atoms with E-state index in [4.69, 9.17) is 5.14 Å². The highest BCUT2D eigenvalue weighted by Gasteiger charge is 2.15. The second-order valence-corrected chi connectivity index (χ2v) is 5.21. The first-order valence-electron chi connectivity index (χ1n) is 3.32. The molecule has 0 aromatic carbocycles. The van der Waals surface area contributed by atoms with Gasteiger partial charge < -0.3 is 0 Å². The summed E-state index contributed by atoms with van der Waals surface area (Å²) >= 11 is 0.953. The number of hydrogen-bond donors (Lipinski definition) is 1. The molecule has 13 heavy (non-hydrogen) atoms. The normalized spacial score (nSPS) is 12.5. The molecule has 0 radical (unpaired) electrons. The van der Waals surface area contributed by atoms with Crippen LogP contribution in [0.4, 0.5) is 0 Å². The lowest BCUT2D eigenvalue weighted by atomic mass is 10.6. The van der Waals surface area contributed by atoms with Gasteiger partial charge in [0.05, 0.1) is 11.9 Å². The average molecular weight is 218 g/mol. The van der Waals surface area contributed by atoms with Crippen LogP contribution in [0.3, 0.4) is 0 Å². The van der Waals surface area contributed by atoms with Crippen LogP contribution >= 0.6 is 11.3 Å². The van der Waals surface area contributed by atoms with Gasteiger partial charge in [0.25, 0.3) is 10.0 Å². The molecule has 6 nitrogen and oxygen atoms in total. The van der Waals surface area contributed by atoms with E-state index in [1.54, 1.807) is 13.1 Å². The number of aromatic nitrogens is 3. The van der Waals surface area contributed by atoms with E-state index in [1.165, 1.54) is 4.52 Å². The molecule has 2 aromatic heterocycles. The summed E-state index contributed by atoms with van der Waals surface area (Å²) in [7, 11) is -3.70. The molecule has 0 aliphatic heterocycles. The lowest BCUT2D eigenvalue weighted by Gasteiger charge is -1.85. The van der Waals surface area contributed by atoms with Gasteiger partial charge in [-0.05, 0) is 6.92 Å². The third kappa shape index (κ3) is 1.43. The predicted molar refractivity (Wildman–Crippen MR) is 47.0 cm³/mol. The number of primary sulfonamides is 1. The van der Waals surface area contributed by atoms with Gasteiger partial charge in [-0.25, -0.2) is 23.1 Å². The van der Waals surface area contributed by atoms with Crippen LogP contribution in [0.1, 0.15) is 5.69 Å². The fourth-order valence-corrected chi connectivity index (χ4v) is 2.46. The molecule has 0 atom stereocenters. The van der Waals surface area contributed by atoms with Gasteiger partial charge in [-0.15, -0.1) is 5.10 Å². The monoisotopic (exact) mass is 218 g/mol. The first-order valence-corrected chi connectivity index (χ1v) is 5.69. The first kappa shape index (κ1) is 8.60. The number of hydrogen-bond acceptors (Lipinski definition) is 5. The van der Waals surface area contributed by atoms with E-state index in [0.29, 0.717) is 4.96 Å². The van der Waals surface area contributed by atoms with Crippen LogP contribution in [0.5, 0.6) is 0 Å². The minimum Gasteiger partial charge on any atom is -0.223 e. The Bertz CT molecular complexity index is 521. The molecule has 0 saturated heterocycles. The Morgan fingerprint density at radius 2 is 2.31 bits per heavy atom. The van der Waals surface area contributed by atoms with E-state index in [9.17, 15) is 8.42 Å². The fraction of sp³-hybridized carbons (Fsp3) is 0.200. The summed E-state index contributed by atoms with van der Waals surface area (Å²) in [5.74, 6) is 0. The Labute approximate surface area is 78.1 Å². The molecule has 2 rings (SSSR count). The summed E-state index contributed by atoms with van der Waals surface area (Å²) < 4.78 is 23.0. The molecule has 0 aliphatic rings. The van der Waals surface area contributed by atoms with Crippen molar-refractivity contribution < 1.29 is 8.42 Å². The lowest BCUT2D eigenvalue weighted by Crippen LogP contribution is -2.12. The molecule has 0 fully saturated rings. The zero-order chi connectivity index (χ0) is 9.64. The average Bonchev–Trinajstić information content (AvgIpc) is 2.40. The van der Waals surface area contributed by atoms with Gasteiger partial charge in [-0.2, -0.15) is 0 Å². The Morgan fingerprint density at radius 3 is 2.85 bits per heavy atom. The molecule has 2 heterocycles. The minimum atomic E-state index is -3.70. The summed E-state index contributed by atoms with van der Waals surface area (Å²) in [5, 5.41) is 8.66. The number of fused-ring (bicyclic) bond motifs is 1. The molecule has 0 saturated carbocycles. The lowest BCUT2D eigenvalue weighted by molar-refractivity contribution is 0.595. The molecule has 2 N–H and O–H groups in total. The summed E-state index contributed by atoms with van der Waals surface area (Å²) in [6.45, 7) is 1.80. The van der Waals surface area contributed by atoms with Crippen molar-refractivity contribution in [2.24, 2.45) is 5.14 Å². The van der Waals surface area contributed by atoms with Crippen molar-refractivity contribution in [3.8, 4) is 0 Å². The molecule has 0 unspecified atom stereocenters. The zero-order valence-electron chi connectivity index (χ0n) is 6.63. The Morgan fingerprint density at radius 1 is 1.62 bits per heavy atom. The maximum absolute atomic E-state index is 10.9. The molecular weight excluding hydrogens is 212 g/mol. The van der Waals surface area contributed by atoms with Crippen LogP contribution < -0.4 is 5.14 Å². The minimum absolute atomic E-state index is 0.116. The van der Waals surface area contributed by atoms with Crippen LogP contribution in [0.25, 0.3) is 4.96 Å². The third-order valence-corrected chi connectivity index (χ3v) is 3.62. The Balaban J connectivity index is 2.71. The Kier molecular flexibility index (Phi) is 1.65. The van der Waals surface area contributed by atoms with E-state index in [-0.39, 0.29) is 4.34 Å². The SMILES string of the molecule is Cc1cn2nc(S(N)(=O)=O)sc2n1. The van der Waals surface area contributed by atoms with Gasteiger partial charge in [0.15, 0.2) is 0 Å². The van der Waals surface area contributed by atoms with Crippen LogP contribution in [-0.2, 0) is 10.0 Å². The van der Waals surface area contributed by atoms with Gasteiger partial charge in [-0.3, -0.25) is 0 Å². The van der Waals surface area contributed by atoms with E-state index < -0.39 is 10.0 Å². The summed E-state index contributed by atoms with van der Waals surface area (Å²) in [6, 6.07) is 0. The summed E-state index contributed by atoms with van der Waals surface area (Å²) in [4.78, 5) is 4.58. The largest absolute Gasteiger partial charge is 0.267 e. The van der Waals surface area contributed by atoms with Gasteiger partial charge >= 0.3 is 0 Å². The van der Waals surface area contributed by atoms with Crippen molar-refractivity contribution in [1.82, 2.24) is 14.6 Å². The molecule has 0 spiro atoms. The third-order valence-electron chi connectivity index (χ3n) is 1.39. The van der Waals surface area contributed by atoms with Crippen LogP contribution in [0.2, 0.25) is 0 Å². The van der Waals surface area contributed by atoms with Crippen LogP contribution in [0.15, 0.2) is 10.5 Å². The van der Waals surface area contributed by atoms with Crippen LogP contribution in [0, 0.1) is 6.92 Å². The number of rotatable bonds is 1. The van der Waals surface area contributed by atoms with E-state index in [0.717, 1.165) is 17.0 Å². The number of nitrogens with two attached hydrogens (primary N) is 1. The quantitative estimate of drug-likeness (QED) is 0.714. The molecule has 2 aromatic rings. The number of aryl methyl sites for hydroxylation is 1. The van der Waals surface area contributed by atoms with Crippen molar-refractivity contribution >= 4 is 26.3 Å². The smallest absolute Gasteiger partial charge is 0.223 e. The van der Waals surface area contributed by atoms with Crippen molar-refractivity contribution in [3.63, 3.8) is 0 Å². The van der Waals surface area contributed by atoms with Crippen molar-refractivity contribution in [2.75, 3.05) is 0 Å². The van der Waals surface area contributed by atoms with E-state index in [1.807, 2.05) is 0 Å². The summed E-state index contributed by atoms with van der Waals surface area (Å²) in [5.41, 5.74) is 0.791. The van der Waals surface area contributed by atoms with Crippen LogP contribution in [-0.4, -0.2) is 23.0 Å². The maximum atomic E-state index is 10.9. The van der Waals surface area contributed by atoms with E-state index in [2.05, 4.69) is 10.1 Å². The molecule has 0 aliphatic carbocycles. The Hall–Kier alpha value is -0.990. The zero-order valence-corrected chi connectivity index (χ0v) is 8.26. The van der Waals surface area contributed by atoms with Gasteiger partial charge in [0.1, 0.15) is 0 Å². The van der Waals surface area contributed by atoms with E-state index >= 15 is 0 Å². The predicted octanol–water partition coefficient (Wildman–Crippen LogP) is -0.253. The molecule has 8 heteroatoms. The molecule has 70 valence electrons. The molecule has 0 bridgehead atoms. The number of nitrogens with zero attached hydrogens (tertiary/aromatic N) is 3. The van der Waals surface area contributed by atoms with Gasteiger partial charge in [-0.1, -0.05) is 11.3 Å². The topological polar surface area (TPSA) is 90.4 Å². The first-order chi connectivity index (χ1) is 5.97. The van der Waals surface area contributed by atoms with Crippen molar-refractivity contribution in [1.29, 1.82) is 0 Å². The highest BCUT2D eigenvalue weighted by atomic mass is 32.2. The highest BCUT2D eigenvalue weighted by molar-refractivity contribution is 7.91.